The predicted octanol–water partition coefficient (Wildman–Crippen LogP) is 5.78. The highest BCUT2D eigenvalue weighted by atomic mass is 16.5. The van der Waals surface area contributed by atoms with Gasteiger partial charge in [-0.05, 0) is 12.3 Å². The van der Waals surface area contributed by atoms with Crippen molar-refractivity contribution >= 4 is 0 Å². The van der Waals surface area contributed by atoms with E-state index in [1.54, 1.807) is 7.11 Å². The molecule has 100 valence electrons. The summed E-state index contributed by atoms with van der Waals surface area (Å²) in [7, 11) is 1.71. The van der Waals surface area contributed by atoms with Crippen LogP contribution < -0.4 is 0 Å². The second-order valence-electron chi connectivity index (χ2n) is 3.43. The summed E-state index contributed by atoms with van der Waals surface area (Å²) < 4.78 is 4.69. The monoisotopic (exact) mass is 222 g/mol. The summed E-state index contributed by atoms with van der Waals surface area (Å²) in [4.78, 5) is 0. The first-order valence-corrected chi connectivity index (χ1v) is 6.05. The van der Waals surface area contributed by atoms with Crippen molar-refractivity contribution in [2.24, 2.45) is 5.92 Å². The normalized spacial score (nSPS) is 6.80. The summed E-state index contributed by atoms with van der Waals surface area (Å²) in [6, 6.07) is 0. The van der Waals surface area contributed by atoms with Crippen LogP contribution in [0.25, 0.3) is 0 Å². The Balaban J connectivity index is -0.0000000305. The zero-order valence-electron chi connectivity index (χ0n) is 12.1. The standard InChI is InChI=1S/C4H10O.C4H10.C3H8.C2H6.CH4/c1-3-4-5-2;1-4(2)3;1-3-2;1-2;/h3-4H2,1-2H3;4H,1-3H3;3H2,1-2H3;1-2H3;1H4. The molecule has 0 radical (unpaired) electrons. The molecule has 15 heavy (non-hydrogen) atoms. The summed E-state index contributed by atoms with van der Waals surface area (Å²) in [6.07, 6.45) is 2.37. The predicted molar refractivity (Wildman–Crippen MR) is 76.7 cm³/mol. The van der Waals surface area contributed by atoms with Crippen LogP contribution in [-0.4, -0.2) is 13.7 Å². The molecule has 0 amide bonds. The van der Waals surface area contributed by atoms with Crippen molar-refractivity contribution < 1.29 is 4.74 Å². The van der Waals surface area contributed by atoms with E-state index in [1.807, 2.05) is 13.8 Å². The summed E-state index contributed by atoms with van der Waals surface area (Å²) in [5.41, 5.74) is 0. The molecule has 0 bridgehead atoms. The Morgan fingerprint density at radius 3 is 1.13 bits per heavy atom. The van der Waals surface area contributed by atoms with E-state index in [1.165, 1.54) is 6.42 Å². The van der Waals surface area contributed by atoms with E-state index in [9.17, 15) is 0 Å². The van der Waals surface area contributed by atoms with Gasteiger partial charge in [-0.15, -0.1) is 0 Å². The number of hydrogen-bond donors (Lipinski definition) is 0. The fourth-order valence-electron chi connectivity index (χ4n) is 0.204. The van der Waals surface area contributed by atoms with E-state index in [0.29, 0.717) is 0 Å². The highest BCUT2D eigenvalue weighted by molar-refractivity contribution is 4.20. The third kappa shape index (κ3) is 520. The fraction of sp³-hybridized carbons (Fsp3) is 1.00. The van der Waals surface area contributed by atoms with Crippen molar-refractivity contribution in [3.63, 3.8) is 0 Å². The number of methoxy groups -OCH3 is 1. The van der Waals surface area contributed by atoms with Gasteiger partial charge >= 0.3 is 0 Å². The van der Waals surface area contributed by atoms with Crippen LogP contribution in [0.2, 0.25) is 0 Å². The Morgan fingerprint density at radius 2 is 1.13 bits per heavy atom. The molecule has 0 aliphatic heterocycles. The van der Waals surface area contributed by atoms with Crippen molar-refractivity contribution in [1.82, 2.24) is 0 Å². The van der Waals surface area contributed by atoms with Crippen LogP contribution in [-0.2, 0) is 4.74 Å². The van der Waals surface area contributed by atoms with Crippen LogP contribution in [0, 0.1) is 5.92 Å². The maximum atomic E-state index is 4.69. The van der Waals surface area contributed by atoms with Crippen LogP contribution in [0.3, 0.4) is 0 Å². The number of hydrogen-bond acceptors (Lipinski definition) is 1. The Bertz CT molecular complexity index is 37.8. The third-order valence-electron chi connectivity index (χ3n) is 0.408. The summed E-state index contributed by atoms with van der Waals surface area (Å²) in [6.45, 7) is 17.7. The molecule has 0 aromatic carbocycles. The molecule has 1 nitrogen and oxygen atoms in total. The topological polar surface area (TPSA) is 9.23 Å². The maximum absolute atomic E-state index is 4.69. The lowest BCUT2D eigenvalue weighted by molar-refractivity contribution is 0.199. The van der Waals surface area contributed by atoms with Gasteiger partial charge in [-0.1, -0.05) is 69.2 Å². The number of rotatable bonds is 2. The third-order valence-corrected chi connectivity index (χ3v) is 0.408. The highest BCUT2D eigenvalue weighted by Crippen LogP contribution is 1.81. The van der Waals surface area contributed by atoms with Crippen LogP contribution in [0.1, 0.15) is 75.7 Å². The lowest BCUT2D eigenvalue weighted by Gasteiger charge is -1.84. The smallest absolute Gasteiger partial charge is 0.0459 e. The first kappa shape index (κ1) is 29.4. The van der Waals surface area contributed by atoms with Gasteiger partial charge in [0.25, 0.3) is 0 Å². The van der Waals surface area contributed by atoms with E-state index in [2.05, 4.69) is 41.5 Å². The molecule has 1 heteroatoms. The molecule has 0 aliphatic carbocycles. The van der Waals surface area contributed by atoms with Gasteiger partial charge in [-0.2, -0.15) is 0 Å². The summed E-state index contributed by atoms with van der Waals surface area (Å²) >= 11 is 0. The molecule has 0 aromatic rings. The SMILES string of the molecule is C.CC.CC(C)C.CCC.CCCOC. The second kappa shape index (κ2) is 48.4. The molecule has 0 atom stereocenters. The molecule has 0 unspecified atom stereocenters. The molecule has 0 spiro atoms. The minimum atomic E-state index is 0. The van der Waals surface area contributed by atoms with Crippen LogP contribution >= 0.6 is 0 Å². The van der Waals surface area contributed by atoms with E-state index < -0.39 is 0 Å². The quantitative estimate of drug-likeness (QED) is 0.575. The van der Waals surface area contributed by atoms with Gasteiger partial charge in [0.2, 0.25) is 0 Å². The first-order valence-electron chi connectivity index (χ1n) is 6.05. The van der Waals surface area contributed by atoms with E-state index >= 15 is 0 Å². The van der Waals surface area contributed by atoms with Gasteiger partial charge in [-0.25, -0.2) is 0 Å². The molecule has 0 N–H and O–H groups in total. The van der Waals surface area contributed by atoms with Crippen LogP contribution in [0.15, 0.2) is 0 Å². The minimum absolute atomic E-state index is 0. The molecule has 0 fully saturated rings. The van der Waals surface area contributed by atoms with Gasteiger partial charge in [0.05, 0.1) is 0 Å². The van der Waals surface area contributed by atoms with Crippen molar-refractivity contribution in [2.75, 3.05) is 13.7 Å². The lowest BCUT2D eigenvalue weighted by atomic mass is 10.3. The maximum Gasteiger partial charge on any atom is 0.0459 e. The van der Waals surface area contributed by atoms with E-state index in [0.717, 1.165) is 18.9 Å². The largest absolute Gasteiger partial charge is 0.385 e. The van der Waals surface area contributed by atoms with E-state index in [-0.39, 0.29) is 7.43 Å². The zero-order chi connectivity index (χ0) is 12.4. The van der Waals surface area contributed by atoms with Crippen LogP contribution in [0.4, 0.5) is 0 Å². The highest BCUT2D eigenvalue weighted by Gasteiger charge is 1.68. The summed E-state index contributed by atoms with van der Waals surface area (Å²) in [5.74, 6) is 0.833. The molecular weight excluding hydrogens is 184 g/mol. The Labute approximate surface area is 101 Å². The molecule has 0 aliphatic rings. The molecule has 0 saturated heterocycles. The van der Waals surface area contributed by atoms with Gasteiger partial charge < -0.3 is 4.74 Å². The fourth-order valence-corrected chi connectivity index (χ4v) is 0.204. The average molecular weight is 222 g/mol. The van der Waals surface area contributed by atoms with Crippen LogP contribution in [0.5, 0.6) is 0 Å². The molecular formula is C14H38O. The minimum Gasteiger partial charge on any atom is -0.385 e. The average Bonchev–Trinajstić information content (AvgIpc) is 2.09. The van der Waals surface area contributed by atoms with Gasteiger partial charge in [0.1, 0.15) is 0 Å². The summed E-state index contributed by atoms with van der Waals surface area (Å²) in [5, 5.41) is 0. The van der Waals surface area contributed by atoms with Crippen molar-refractivity contribution in [3.05, 3.63) is 0 Å². The molecule has 0 aromatic heterocycles. The Morgan fingerprint density at radius 1 is 0.933 bits per heavy atom. The second-order valence-corrected chi connectivity index (χ2v) is 3.43. The number of ether oxygens (including phenoxy) is 1. The van der Waals surface area contributed by atoms with Gasteiger partial charge in [0, 0.05) is 13.7 Å². The molecule has 0 saturated carbocycles. The first-order chi connectivity index (χ1) is 6.56. The van der Waals surface area contributed by atoms with Gasteiger partial charge in [-0.3, -0.25) is 0 Å². The molecule has 0 rings (SSSR count). The van der Waals surface area contributed by atoms with Crippen molar-refractivity contribution in [2.45, 2.75) is 75.7 Å². The Kier molecular flexibility index (Phi) is 94.8. The Hall–Kier alpha value is -0.0400. The van der Waals surface area contributed by atoms with Crippen molar-refractivity contribution in [3.8, 4) is 0 Å². The lowest BCUT2D eigenvalue weighted by Crippen LogP contribution is -1.80. The van der Waals surface area contributed by atoms with Crippen molar-refractivity contribution in [1.29, 1.82) is 0 Å². The molecule has 0 heterocycles. The zero-order valence-corrected chi connectivity index (χ0v) is 12.1. The van der Waals surface area contributed by atoms with E-state index in [4.69, 9.17) is 4.74 Å². The van der Waals surface area contributed by atoms with Gasteiger partial charge in [0.15, 0.2) is 0 Å².